The zero-order valence-electron chi connectivity index (χ0n) is 16.2. The van der Waals surface area contributed by atoms with E-state index in [2.05, 4.69) is 23.5 Å². The first kappa shape index (κ1) is 23.4. The Labute approximate surface area is 188 Å². The standard InChI is InChI=1S/C23H23Cl2NO2.ClH/c1-27-21-9-5-17(6-10-21)11-12-26-15-18-3-2-4-22(13-18)28-16-19-7-8-20(24)14-23(19)25;/h2-10,13-14,26H,11-12,15-16H2,1H3;1H. The Kier molecular flexibility index (Phi) is 9.62. The number of nitrogens with one attached hydrogen (secondary N) is 1. The number of ether oxygens (including phenoxy) is 2. The average molecular weight is 453 g/mol. The predicted molar refractivity (Wildman–Crippen MR) is 123 cm³/mol. The fourth-order valence-electron chi connectivity index (χ4n) is 2.80. The molecule has 3 aromatic rings. The molecule has 1 N–H and O–H groups in total. The van der Waals surface area contributed by atoms with E-state index in [-0.39, 0.29) is 12.4 Å². The van der Waals surface area contributed by atoms with Crippen LogP contribution in [0.4, 0.5) is 0 Å². The van der Waals surface area contributed by atoms with Crippen LogP contribution in [-0.4, -0.2) is 13.7 Å². The summed E-state index contributed by atoms with van der Waals surface area (Å²) in [6.07, 6.45) is 0.968. The SMILES string of the molecule is COc1ccc(CCNCc2cccc(OCc3ccc(Cl)cc3Cl)c2)cc1.Cl. The predicted octanol–water partition coefficient (Wildman–Crippen LogP) is 6.34. The summed E-state index contributed by atoms with van der Waals surface area (Å²) in [5.74, 6) is 1.70. The molecule has 0 aliphatic rings. The number of rotatable bonds is 9. The van der Waals surface area contributed by atoms with Gasteiger partial charge >= 0.3 is 0 Å². The second-order valence-electron chi connectivity index (χ2n) is 6.45. The van der Waals surface area contributed by atoms with Crippen molar-refractivity contribution < 1.29 is 9.47 Å². The van der Waals surface area contributed by atoms with E-state index in [1.54, 1.807) is 13.2 Å². The van der Waals surface area contributed by atoms with Gasteiger partial charge in [-0.3, -0.25) is 0 Å². The van der Waals surface area contributed by atoms with E-state index in [0.717, 1.165) is 36.6 Å². The molecular weight excluding hydrogens is 429 g/mol. The lowest BCUT2D eigenvalue weighted by molar-refractivity contribution is 0.306. The molecule has 0 saturated carbocycles. The zero-order chi connectivity index (χ0) is 19.8. The van der Waals surface area contributed by atoms with Gasteiger partial charge in [-0.15, -0.1) is 12.4 Å². The number of hydrogen-bond acceptors (Lipinski definition) is 3. The van der Waals surface area contributed by atoms with Crippen LogP contribution in [0.25, 0.3) is 0 Å². The summed E-state index contributed by atoms with van der Waals surface area (Å²) in [5.41, 5.74) is 3.37. The van der Waals surface area contributed by atoms with Crippen LogP contribution in [0.15, 0.2) is 66.7 Å². The summed E-state index contributed by atoms with van der Waals surface area (Å²) in [5, 5.41) is 4.71. The summed E-state index contributed by atoms with van der Waals surface area (Å²) in [7, 11) is 1.68. The molecule has 0 heterocycles. The lowest BCUT2D eigenvalue weighted by Crippen LogP contribution is -2.16. The highest BCUT2D eigenvalue weighted by atomic mass is 35.5. The maximum absolute atomic E-state index is 6.20. The molecule has 0 radical (unpaired) electrons. The number of hydrogen-bond donors (Lipinski definition) is 1. The van der Waals surface area contributed by atoms with Crippen molar-refractivity contribution >= 4 is 35.6 Å². The monoisotopic (exact) mass is 451 g/mol. The molecule has 0 bridgehead atoms. The number of methoxy groups -OCH3 is 1. The van der Waals surface area contributed by atoms with Gasteiger partial charge in [0.15, 0.2) is 0 Å². The van der Waals surface area contributed by atoms with E-state index < -0.39 is 0 Å². The van der Waals surface area contributed by atoms with Crippen molar-refractivity contribution in [2.45, 2.75) is 19.6 Å². The van der Waals surface area contributed by atoms with Gasteiger partial charge in [0.2, 0.25) is 0 Å². The van der Waals surface area contributed by atoms with Gasteiger partial charge in [0.05, 0.1) is 7.11 Å². The second-order valence-corrected chi connectivity index (χ2v) is 7.29. The van der Waals surface area contributed by atoms with Crippen molar-refractivity contribution in [3.05, 3.63) is 93.5 Å². The molecule has 0 saturated heterocycles. The quantitative estimate of drug-likeness (QED) is 0.384. The fraction of sp³-hybridized carbons (Fsp3) is 0.217. The van der Waals surface area contributed by atoms with Crippen molar-refractivity contribution in [2.24, 2.45) is 0 Å². The molecule has 0 fully saturated rings. The maximum atomic E-state index is 6.20. The summed E-state index contributed by atoms with van der Waals surface area (Å²) in [6.45, 7) is 2.09. The average Bonchev–Trinajstić information content (AvgIpc) is 2.71. The van der Waals surface area contributed by atoms with Gasteiger partial charge in [-0.25, -0.2) is 0 Å². The summed E-state index contributed by atoms with van der Waals surface area (Å²) in [6, 6.07) is 21.7. The summed E-state index contributed by atoms with van der Waals surface area (Å²) < 4.78 is 11.1. The molecule has 0 atom stereocenters. The van der Waals surface area contributed by atoms with Crippen LogP contribution in [-0.2, 0) is 19.6 Å². The second kappa shape index (κ2) is 11.9. The normalized spacial score (nSPS) is 10.3. The first-order chi connectivity index (χ1) is 13.6. The van der Waals surface area contributed by atoms with E-state index in [1.807, 2.05) is 42.5 Å². The fourth-order valence-corrected chi connectivity index (χ4v) is 3.27. The molecule has 0 aliphatic heterocycles. The van der Waals surface area contributed by atoms with Crippen molar-refractivity contribution in [1.82, 2.24) is 5.32 Å². The Bertz CT molecular complexity index is 901. The van der Waals surface area contributed by atoms with Gasteiger partial charge in [0.1, 0.15) is 18.1 Å². The van der Waals surface area contributed by atoms with E-state index >= 15 is 0 Å². The highest BCUT2D eigenvalue weighted by Crippen LogP contribution is 2.23. The zero-order valence-corrected chi connectivity index (χ0v) is 18.5. The van der Waals surface area contributed by atoms with Crippen molar-refractivity contribution in [3.63, 3.8) is 0 Å². The molecule has 29 heavy (non-hydrogen) atoms. The minimum absolute atomic E-state index is 0. The molecule has 0 unspecified atom stereocenters. The van der Waals surface area contributed by atoms with Crippen LogP contribution in [0.2, 0.25) is 10.0 Å². The third-order valence-corrected chi connectivity index (χ3v) is 4.97. The highest BCUT2D eigenvalue weighted by Gasteiger charge is 2.03. The molecule has 0 spiro atoms. The van der Waals surface area contributed by atoms with E-state index in [4.69, 9.17) is 32.7 Å². The molecule has 0 amide bonds. The summed E-state index contributed by atoms with van der Waals surface area (Å²) in [4.78, 5) is 0. The molecule has 154 valence electrons. The largest absolute Gasteiger partial charge is 0.497 e. The van der Waals surface area contributed by atoms with Gasteiger partial charge in [0.25, 0.3) is 0 Å². The Balaban J connectivity index is 0.00000300. The molecule has 6 heteroatoms. The van der Waals surface area contributed by atoms with E-state index in [9.17, 15) is 0 Å². The van der Waals surface area contributed by atoms with Gasteiger partial charge in [-0.05, 0) is 60.5 Å². The van der Waals surface area contributed by atoms with Crippen molar-refractivity contribution in [1.29, 1.82) is 0 Å². The smallest absolute Gasteiger partial charge is 0.120 e. The van der Waals surface area contributed by atoms with Gasteiger partial charge in [-0.1, -0.05) is 53.5 Å². The topological polar surface area (TPSA) is 30.5 Å². The molecular formula is C23H24Cl3NO2. The lowest BCUT2D eigenvalue weighted by Gasteiger charge is -2.10. The Hall–Kier alpha value is -1.91. The van der Waals surface area contributed by atoms with Crippen LogP contribution < -0.4 is 14.8 Å². The van der Waals surface area contributed by atoms with Crippen molar-refractivity contribution in [2.75, 3.05) is 13.7 Å². The number of halogens is 3. The maximum Gasteiger partial charge on any atom is 0.120 e. The van der Waals surface area contributed by atoms with Crippen LogP contribution >= 0.6 is 35.6 Å². The molecule has 3 nitrogen and oxygen atoms in total. The molecule has 3 aromatic carbocycles. The Morgan fingerprint density at radius 1 is 0.862 bits per heavy atom. The first-order valence-corrected chi connectivity index (χ1v) is 9.89. The highest BCUT2D eigenvalue weighted by molar-refractivity contribution is 6.35. The number of benzene rings is 3. The van der Waals surface area contributed by atoms with Crippen LogP contribution in [0.5, 0.6) is 11.5 Å². The van der Waals surface area contributed by atoms with Crippen LogP contribution in [0.3, 0.4) is 0 Å². The Morgan fingerprint density at radius 2 is 1.66 bits per heavy atom. The minimum Gasteiger partial charge on any atom is -0.497 e. The van der Waals surface area contributed by atoms with Crippen LogP contribution in [0, 0.1) is 0 Å². The summed E-state index contributed by atoms with van der Waals surface area (Å²) >= 11 is 12.1. The molecule has 0 aliphatic carbocycles. The van der Waals surface area contributed by atoms with Crippen molar-refractivity contribution in [3.8, 4) is 11.5 Å². The third-order valence-electron chi connectivity index (χ3n) is 4.39. The lowest BCUT2D eigenvalue weighted by atomic mass is 10.1. The Morgan fingerprint density at radius 3 is 2.38 bits per heavy atom. The minimum atomic E-state index is 0. The third kappa shape index (κ3) is 7.45. The van der Waals surface area contributed by atoms with Gasteiger partial charge < -0.3 is 14.8 Å². The molecule has 3 rings (SSSR count). The van der Waals surface area contributed by atoms with Gasteiger partial charge in [0, 0.05) is 22.2 Å². The van der Waals surface area contributed by atoms with E-state index in [0.29, 0.717) is 16.7 Å². The van der Waals surface area contributed by atoms with Crippen LogP contribution in [0.1, 0.15) is 16.7 Å². The molecule has 0 aromatic heterocycles. The van der Waals surface area contributed by atoms with Gasteiger partial charge in [-0.2, -0.15) is 0 Å². The van der Waals surface area contributed by atoms with E-state index in [1.165, 1.54) is 11.1 Å². The first-order valence-electron chi connectivity index (χ1n) is 9.13.